The molecule has 0 aliphatic rings. The topological polar surface area (TPSA) is 126 Å². The molecule has 31 heavy (non-hydrogen) atoms. The number of imidazole rings is 1. The molecule has 156 valence electrons. The summed E-state index contributed by atoms with van der Waals surface area (Å²) in [5.74, 6) is 0.795. The molecule has 0 unspecified atom stereocenters. The van der Waals surface area contributed by atoms with E-state index in [0.29, 0.717) is 26.7 Å². The number of nitrogens with one attached hydrogen (secondary N) is 2. The Balaban J connectivity index is 1.32. The first-order valence-electron chi connectivity index (χ1n) is 8.93. The zero-order valence-corrected chi connectivity index (χ0v) is 18.1. The van der Waals surface area contributed by atoms with Crippen LogP contribution >= 0.6 is 27.7 Å². The van der Waals surface area contributed by atoms with Gasteiger partial charge >= 0.3 is 0 Å². The number of aromatic nitrogens is 2. The lowest BCUT2D eigenvalue weighted by molar-refractivity contribution is -0.384. The minimum Gasteiger partial charge on any atom is -0.455 e. The first-order valence-corrected chi connectivity index (χ1v) is 10.7. The van der Waals surface area contributed by atoms with Crippen LogP contribution in [0.5, 0.6) is 0 Å². The molecule has 0 spiro atoms. The Morgan fingerprint density at radius 3 is 2.90 bits per heavy atom. The van der Waals surface area contributed by atoms with Gasteiger partial charge in [0.2, 0.25) is 0 Å². The second-order valence-electron chi connectivity index (χ2n) is 6.26. The maximum Gasteiger partial charge on any atom is 0.270 e. The number of H-pyrrole nitrogens is 1. The monoisotopic (exact) mass is 499 g/mol. The summed E-state index contributed by atoms with van der Waals surface area (Å²) >= 11 is 4.59. The van der Waals surface area contributed by atoms with E-state index < -0.39 is 4.92 Å². The molecule has 4 rings (SSSR count). The van der Waals surface area contributed by atoms with E-state index >= 15 is 0 Å². The summed E-state index contributed by atoms with van der Waals surface area (Å²) in [4.78, 5) is 29.9. The zero-order valence-electron chi connectivity index (χ0n) is 15.7. The van der Waals surface area contributed by atoms with Crippen molar-refractivity contribution in [1.82, 2.24) is 15.4 Å². The molecule has 0 saturated carbocycles. The van der Waals surface area contributed by atoms with Gasteiger partial charge in [-0.1, -0.05) is 23.9 Å². The molecule has 0 radical (unpaired) electrons. The van der Waals surface area contributed by atoms with Crippen molar-refractivity contribution < 1.29 is 14.1 Å². The fourth-order valence-corrected chi connectivity index (χ4v) is 3.96. The second kappa shape index (κ2) is 9.14. The molecule has 2 aromatic carbocycles. The number of nitro benzene ring substituents is 1. The molecule has 0 atom stereocenters. The number of thioether (sulfide) groups is 1. The number of hydrogen-bond acceptors (Lipinski definition) is 7. The molecule has 9 nitrogen and oxygen atoms in total. The Bertz CT molecular complexity index is 1270. The number of hydrazone groups is 1. The molecule has 0 saturated heterocycles. The minimum atomic E-state index is -0.468. The molecule has 11 heteroatoms. The number of benzene rings is 2. The van der Waals surface area contributed by atoms with Crippen LogP contribution in [-0.4, -0.2) is 32.8 Å². The van der Waals surface area contributed by atoms with E-state index in [0.717, 1.165) is 11.0 Å². The van der Waals surface area contributed by atoms with Gasteiger partial charge in [-0.15, -0.1) is 0 Å². The van der Waals surface area contributed by atoms with Crippen LogP contribution in [0.1, 0.15) is 5.76 Å². The van der Waals surface area contributed by atoms with Gasteiger partial charge in [0.1, 0.15) is 11.5 Å². The Morgan fingerprint density at radius 1 is 1.29 bits per heavy atom. The van der Waals surface area contributed by atoms with Crippen molar-refractivity contribution in [2.24, 2.45) is 5.10 Å². The number of para-hydroxylation sites is 2. The molecule has 2 N–H and O–H groups in total. The summed E-state index contributed by atoms with van der Waals surface area (Å²) < 4.78 is 6.21. The summed E-state index contributed by atoms with van der Waals surface area (Å²) in [7, 11) is 0. The molecular formula is C20H14BrN5O4S. The number of amides is 1. The van der Waals surface area contributed by atoms with E-state index in [4.69, 9.17) is 4.42 Å². The molecule has 0 aliphatic carbocycles. The fourth-order valence-electron chi connectivity index (χ4n) is 2.72. The number of fused-ring (bicyclic) bond motifs is 1. The summed E-state index contributed by atoms with van der Waals surface area (Å²) in [6, 6.07) is 15.4. The highest BCUT2D eigenvalue weighted by atomic mass is 79.9. The Morgan fingerprint density at radius 2 is 2.13 bits per heavy atom. The molecule has 0 fully saturated rings. The Kier molecular flexibility index (Phi) is 6.14. The number of carbonyl (C=O) groups excluding carboxylic acids is 1. The number of aromatic amines is 1. The van der Waals surface area contributed by atoms with Gasteiger partial charge in [-0.2, -0.15) is 5.10 Å². The molecule has 0 bridgehead atoms. The SMILES string of the molecule is O=C(CSc1nc2ccccc2[nH]1)N/N=C\c1ccc(-c2ccc([N+](=O)[O-])cc2Br)o1. The highest BCUT2D eigenvalue weighted by molar-refractivity contribution is 9.10. The van der Waals surface area contributed by atoms with Gasteiger partial charge in [-0.05, 0) is 46.3 Å². The molecule has 1 amide bonds. The molecule has 0 aliphatic heterocycles. The van der Waals surface area contributed by atoms with Crippen LogP contribution in [0.3, 0.4) is 0 Å². The van der Waals surface area contributed by atoms with Crippen molar-refractivity contribution >= 4 is 56.5 Å². The average molecular weight is 500 g/mol. The number of halogens is 1. The largest absolute Gasteiger partial charge is 0.455 e. The quantitative estimate of drug-likeness (QED) is 0.163. The molecular weight excluding hydrogens is 486 g/mol. The van der Waals surface area contributed by atoms with Crippen molar-refractivity contribution in [2.75, 3.05) is 5.75 Å². The predicted octanol–water partition coefficient (Wildman–Crippen LogP) is 4.74. The summed E-state index contributed by atoms with van der Waals surface area (Å²) in [6.07, 6.45) is 1.38. The van der Waals surface area contributed by atoms with Crippen LogP contribution in [-0.2, 0) is 4.79 Å². The van der Waals surface area contributed by atoms with E-state index in [1.54, 1.807) is 18.2 Å². The standard InChI is InChI=1S/C20H14BrN5O4S/c21-15-9-12(26(28)29)5-7-14(15)18-8-6-13(30-18)10-22-25-19(27)11-31-20-23-16-3-1-2-4-17(16)24-20/h1-10H,11H2,(H,23,24)(H,25,27)/b22-10-. The zero-order chi connectivity index (χ0) is 21.8. The van der Waals surface area contributed by atoms with Crippen molar-refractivity contribution in [3.8, 4) is 11.3 Å². The maximum atomic E-state index is 12.0. The lowest BCUT2D eigenvalue weighted by atomic mass is 10.1. The molecule has 4 aromatic rings. The van der Waals surface area contributed by atoms with Crippen LogP contribution in [0.2, 0.25) is 0 Å². The normalized spacial score (nSPS) is 11.3. The third-order valence-electron chi connectivity index (χ3n) is 4.14. The summed E-state index contributed by atoms with van der Waals surface area (Å²) in [5, 5.41) is 15.4. The van der Waals surface area contributed by atoms with E-state index in [1.165, 1.54) is 30.1 Å². The van der Waals surface area contributed by atoms with Gasteiger partial charge in [-0.3, -0.25) is 14.9 Å². The van der Waals surface area contributed by atoms with Gasteiger partial charge in [0.15, 0.2) is 5.16 Å². The van der Waals surface area contributed by atoms with Crippen molar-refractivity contribution in [3.63, 3.8) is 0 Å². The van der Waals surface area contributed by atoms with E-state index in [-0.39, 0.29) is 17.3 Å². The number of hydrogen-bond donors (Lipinski definition) is 2. The number of rotatable bonds is 7. The van der Waals surface area contributed by atoms with Crippen LogP contribution in [0.15, 0.2) is 73.7 Å². The predicted molar refractivity (Wildman–Crippen MR) is 121 cm³/mol. The lowest BCUT2D eigenvalue weighted by Gasteiger charge is -2.00. The average Bonchev–Trinajstić information content (AvgIpc) is 3.38. The highest BCUT2D eigenvalue weighted by Gasteiger charge is 2.13. The number of non-ortho nitro benzene ring substituents is 1. The van der Waals surface area contributed by atoms with Crippen LogP contribution in [0.4, 0.5) is 5.69 Å². The maximum absolute atomic E-state index is 12.0. The summed E-state index contributed by atoms with van der Waals surface area (Å²) in [5.41, 5.74) is 4.84. The third kappa shape index (κ3) is 5.01. The second-order valence-corrected chi connectivity index (χ2v) is 8.08. The first-order chi connectivity index (χ1) is 15.0. The van der Waals surface area contributed by atoms with E-state index in [9.17, 15) is 14.9 Å². The van der Waals surface area contributed by atoms with Crippen LogP contribution < -0.4 is 5.43 Å². The van der Waals surface area contributed by atoms with Crippen molar-refractivity contribution in [1.29, 1.82) is 0 Å². The van der Waals surface area contributed by atoms with Crippen LogP contribution in [0, 0.1) is 10.1 Å². The third-order valence-corrected chi connectivity index (χ3v) is 5.67. The van der Waals surface area contributed by atoms with Gasteiger partial charge in [-0.25, -0.2) is 10.4 Å². The van der Waals surface area contributed by atoms with E-state index in [2.05, 4.69) is 36.4 Å². The summed E-state index contributed by atoms with van der Waals surface area (Å²) in [6.45, 7) is 0. The van der Waals surface area contributed by atoms with Crippen molar-refractivity contribution in [2.45, 2.75) is 5.16 Å². The van der Waals surface area contributed by atoms with Gasteiger partial charge < -0.3 is 9.40 Å². The lowest BCUT2D eigenvalue weighted by Crippen LogP contribution is -2.19. The number of carbonyl (C=O) groups is 1. The van der Waals surface area contributed by atoms with Gasteiger partial charge in [0.25, 0.3) is 11.6 Å². The van der Waals surface area contributed by atoms with Crippen LogP contribution in [0.25, 0.3) is 22.4 Å². The smallest absolute Gasteiger partial charge is 0.270 e. The van der Waals surface area contributed by atoms with Gasteiger partial charge in [0.05, 0.1) is 27.9 Å². The number of nitro groups is 1. The minimum absolute atomic E-state index is 0.0211. The first kappa shape index (κ1) is 20.8. The Hall–Kier alpha value is -3.44. The highest BCUT2D eigenvalue weighted by Crippen LogP contribution is 2.32. The van der Waals surface area contributed by atoms with E-state index in [1.807, 2.05) is 24.3 Å². The molecule has 2 aromatic heterocycles. The number of nitrogens with zero attached hydrogens (tertiary/aromatic N) is 3. The van der Waals surface area contributed by atoms with Gasteiger partial charge in [0, 0.05) is 22.2 Å². The van der Waals surface area contributed by atoms with Crippen molar-refractivity contribution in [3.05, 3.63) is 74.9 Å². The Labute approximate surface area is 188 Å². The number of furan rings is 1. The fraction of sp³-hybridized carbons (Fsp3) is 0.0500. The molecule has 2 heterocycles.